The maximum absolute atomic E-state index is 12.9. The molecule has 0 bridgehead atoms. The Morgan fingerprint density at radius 3 is 2.80 bits per heavy atom. The second kappa shape index (κ2) is 4.63. The SMILES string of the molecule is Cn1cc(C(=O)C2CCCC2(C)C)c2ccc(Cl)cc21. The van der Waals surface area contributed by atoms with Crippen molar-refractivity contribution >= 4 is 28.3 Å². The predicted molar refractivity (Wildman–Crippen MR) is 83.4 cm³/mol. The van der Waals surface area contributed by atoms with Crippen molar-refractivity contribution in [2.24, 2.45) is 18.4 Å². The maximum atomic E-state index is 12.9. The summed E-state index contributed by atoms with van der Waals surface area (Å²) in [6.45, 7) is 4.43. The van der Waals surface area contributed by atoms with Gasteiger partial charge in [-0.05, 0) is 30.4 Å². The fraction of sp³-hybridized carbons (Fsp3) is 0.471. The highest BCUT2D eigenvalue weighted by Crippen LogP contribution is 2.44. The molecule has 0 N–H and O–H groups in total. The van der Waals surface area contributed by atoms with Crippen LogP contribution in [0.25, 0.3) is 10.9 Å². The Labute approximate surface area is 124 Å². The summed E-state index contributed by atoms with van der Waals surface area (Å²) in [7, 11) is 1.97. The van der Waals surface area contributed by atoms with Gasteiger partial charge >= 0.3 is 0 Å². The average Bonchev–Trinajstić information content (AvgIpc) is 2.89. The van der Waals surface area contributed by atoms with Gasteiger partial charge in [0.05, 0.1) is 0 Å². The molecule has 0 radical (unpaired) electrons. The first-order chi connectivity index (χ1) is 9.40. The first-order valence-electron chi connectivity index (χ1n) is 7.19. The Morgan fingerprint density at radius 1 is 1.40 bits per heavy atom. The first-order valence-corrected chi connectivity index (χ1v) is 7.57. The van der Waals surface area contributed by atoms with Gasteiger partial charge < -0.3 is 4.57 Å². The number of hydrogen-bond acceptors (Lipinski definition) is 1. The second-order valence-corrected chi connectivity index (χ2v) is 7.05. The van der Waals surface area contributed by atoms with Crippen LogP contribution >= 0.6 is 11.6 Å². The lowest BCUT2D eigenvalue weighted by Gasteiger charge is -2.25. The van der Waals surface area contributed by atoms with E-state index in [2.05, 4.69) is 13.8 Å². The van der Waals surface area contributed by atoms with E-state index in [0.717, 1.165) is 35.7 Å². The average molecular weight is 290 g/mol. The van der Waals surface area contributed by atoms with E-state index in [1.54, 1.807) is 0 Å². The molecule has 1 aliphatic rings. The van der Waals surface area contributed by atoms with Crippen molar-refractivity contribution in [1.82, 2.24) is 4.57 Å². The molecule has 2 aromatic rings. The topological polar surface area (TPSA) is 22.0 Å². The van der Waals surface area contributed by atoms with E-state index >= 15 is 0 Å². The van der Waals surface area contributed by atoms with Crippen LogP contribution in [0.5, 0.6) is 0 Å². The molecule has 3 heteroatoms. The van der Waals surface area contributed by atoms with Crippen LogP contribution in [0.1, 0.15) is 43.5 Å². The number of nitrogens with zero attached hydrogens (tertiary/aromatic N) is 1. The smallest absolute Gasteiger partial charge is 0.168 e. The third kappa shape index (κ3) is 2.07. The van der Waals surface area contributed by atoms with Crippen molar-refractivity contribution in [3.8, 4) is 0 Å². The van der Waals surface area contributed by atoms with Crippen LogP contribution in [0, 0.1) is 11.3 Å². The molecule has 1 saturated carbocycles. The molecule has 1 aliphatic carbocycles. The normalized spacial score (nSPS) is 21.5. The lowest BCUT2D eigenvalue weighted by molar-refractivity contribution is 0.0841. The summed E-state index contributed by atoms with van der Waals surface area (Å²) in [6, 6.07) is 5.75. The minimum Gasteiger partial charge on any atom is -0.350 e. The van der Waals surface area contributed by atoms with Crippen LogP contribution in [-0.2, 0) is 7.05 Å². The highest BCUT2D eigenvalue weighted by molar-refractivity contribution is 6.31. The van der Waals surface area contributed by atoms with Gasteiger partial charge in [0.15, 0.2) is 5.78 Å². The zero-order valence-corrected chi connectivity index (χ0v) is 13.0. The summed E-state index contributed by atoms with van der Waals surface area (Å²) in [5, 5.41) is 1.73. The van der Waals surface area contributed by atoms with Crippen molar-refractivity contribution in [2.45, 2.75) is 33.1 Å². The summed E-state index contributed by atoms with van der Waals surface area (Å²) in [6.07, 6.45) is 5.26. The van der Waals surface area contributed by atoms with Gasteiger partial charge in [0.1, 0.15) is 0 Å². The number of rotatable bonds is 2. The van der Waals surface area contributed by atoms with E-state index in [1.807, 2.05) is 36.0 Å². The van der Waals surface area contributed by atoms with E-state index in [0.29, 0.717) is 10.8 Å². The molecule has 20 heavy (non-hydrogen) atoms. The number of aromatic nitrogens is 1. The Bertz CT molecular complexity index is 684. The molecule has 0 amide bonds. The van der Waals surface area contributed by atoms with Crippen molar-refractivity contribution in [3.05, 3.63) is 35.0 Å². The van der Waals surface area contributed by atoms with E-state index < -0.39 is 0 Å². The van der Waals surface area contributed by atoms with Gasteiger partial charge in [0.2, 0.25) is 0 Å². The summed E-state index contributed by atoms with van der Waals surface area (Å²) in [5.41, 5.74) is 1.99. The quantitative estimate of drug-likeness (QED) is 0.725. The van der Waals surface area contributed by atoms with E-state index in [1.165, 1.54) is 0 Å². The molecule has 3 rings (SSSR count). The minimum absolute atomic E-state index is 0.117. The molecule has 2 nitrogen and oxygen atoms in total. The molecule has 0 aliphatic heterocycles. The van der Waals surface area contributed by atoms with Crippen LogP contribution in [0.2, 0.25) is 5.02 Å². The Balaban J connectivity index is 2.09. The van der Waals surface area contributed by atoms with Gasteiger partial charge in [0, 0.05) is 40.7 Å². The number of Topliss-reactive ketones (excluding diaryl/α,β-unsaturated/α-hetero) is 1. The number of fused-ring (bicyclic) bond motifs is 1. The van der Waals surface area contributed by atoms with Crippen LogP contribution in [-0.4, -0.2) is 10.4 Å². The highest BCUT2D eigenvalue weighted by Gasteiger charge is 2.40. The number of benzene rings is 1. The molecule has 1 unspecified atom stereocenters. The van der Waals surface area contributed by atoms with E-state index in [4.69, 9.17) is 11.6 Å². The summed E-state index contributed by atoms with van der Waals surface area (Å²) >= 11 is 6.05. The van der Waals surface area contributed by atoms with E-state index in [9.17, 15) is 4.79 Å². The van der Waals surface area contributed by atoms with Gasteiger partial charge in [-0.3, -0.25) is 4.79 Å². The number of carbonyl (C=O) groups excluding carboxylic acids is 1. The molecule has 0 spiro atoms. The van der Waals surface area contributed by atoms with E-state index in [-0.39, 0.29) is 11.3 Å². The fourth-order valence-corrected chi connectivity index (χ4v) is 3.72. The maximum Gasteiger partial charge on any atom is 0.168 e. The third-order valence-electron chi connectivity index (χ3n) is 4.79. The van der Waals surface area contributed by atoms with Crippen LogP contribution in [0.3, 0.4) is 0 Å². The summed E-state index contributed by atoms with van der Waals surface area (Å²) < 4.78 is 2.00. The third-order valence-corrected chi connectivity index (χ3v) is 5.03. The molecular formula is C17H20ClNO. The predicted octanol–water partition coefficient (Wildman–Crippen LogP) is 4.84. The monoisotopic (exact) mass is 289 g/mol. The summed E-state index contributed by atoms with van der Waals surface area (Å²) in [4.78, 5) is 12.9. The minimum atomic E-state index is 0.117. The number of halogens is 1. The van der Waals surface area contributed by atoms with Crippen LogP contribution in [0.15, 0.2) is 24.4 Å². The molecule has 1 aromatic carbocycles. The highest BCUT2D eigenvalue weighted by atomic mass is 35.5. The largest absolute Gasteiger partial charge is 0.350 e. The fourth-order valence-electron chi connectivity index (χ4n) is 3.55. The lowest BCUT2D eigenvalue weighted by atomic mass is 9.78. The van der Waals surface area contributed by atoms with Gasteiger partial charge in [0.25, 0.3) is 0 Å². The number of carbonyl (C=O) groups is 1. The Kier molecular flexibility index (Phi) is 3.17. The van der Waals surface area contributed by atoms with Crippen molar-refractivity contribution in [2.75, 3.05) is 0 Å². The number of ketones is 1. The number of hydrogen-bond donors (Lipinski definition) is 0. The van der Waals surface area contributed by atoms with Crippen molar-refractivity contribution in [1.29, 1.82) is 0 Å². The Hall–Kier alpha value is -1.28. The van der Waals surface area contributed by atoms with Gasteiger partial charge in [-0.15, -0.1) is 0 Å². The molecular weight excluding hydrogens is 270 g/mol. The van der Waals surface area contributed by atoms with Crippen molar-refractivity contribution < 1.29 is 4.79 Å². The lowest BCUT2D eigenvalue weighted by Crippen LogP contribution is -2.25. The molecule has 0 saturated heterocycles. The Morgan fingerprint density at radius 2 is 2.15 bits per heavy atom. The first kappa shape index (κ1) is 13.7. The van der Waals surface area contributed by atoms with Gasteiger partial charge in [-0.1, -0.05) is 37.9 Å². The van der Waals surface area contributed by atoms with Gasteiger partial charge in [-0.2, -0.15) is 0 Å². The van der Waals surface area contributed by atoms with Crippen LogP contribution in [0.4, 0.5) is 0 Å². The number of aryl methyl sites for hydroxylation is 1. The molecule has 1 atom stereocenters. The zero-order valence-electron chi connectivity index (χ0n) is 12.2. The molecule has 106 valence electrons. The van der Waals surface area contributed by atoms with Crippen LogP contribution < -0.4 is 0 Å². The van der Waals surface area contributed by atoms with Gasteiger partial charge in [-0.25, -0.2) is 0 Å². The second-order valence-electron chi connectivity index (χ2n) is 6.61. The zero-order chi connectivity index (χ0) is 14.5. The standard InChI is InChI=1S/C17H20ClNO/c1-17(2)8-4-5-14(17)16(20)13-10-19(3)15-9-11(18)6-7-12(13)15/h6-7,9-10,14H,4-5,8H2,1-3H3. The van der Waals surface area contributed by atoms with Crippen molar-refractivity contribution in [3.63, 3.8) is 0 Å². The summed E-state index contributed by atoms with van der Waals surface area (Å²) in [5.74, 6) is 0.434. The molecule has 1 heterocycles. The molecule has 1 fully saturated rings. The molecule has 1 aromatic heterocycles.